The van der Waals surface area contributed by atoms with Gasteiger partial charge in [0.15, 0.2) is 0 Å². The first-order valence-electron chi connectivity index (χ1n) is 5.21. The van der Waals surface area contributed by atoms with E-state index in [2.05, 4.69) is 26.2 Å². The molecule has 0 spiro atoms. The van der Waals surface area contributed by atoms with Gasteiger partial charge < -0.3 is 5.32 Å². The van der Waals surface area contributed by atoms with Crippen LogP contribution < -0.4 is 5.32 Å². The molecule has 6 heteroatoms. The van der Waals surface area contributed by atoms with Crippen LogP contribution in [0, 0.1) is 12.7 Å². The lowest BCUT2D eigenvalue weighted by Crippen LogP contribution is -2.23. The molecule has 0 aliphatic rings. The SMILES string of the molecule is Cc1cnc(CNC(=O)c2cc(Br)ccc2F)s1. The van der Waals surface area contributed by atoms with Crippen LogP contribution in [0.4, 0.5) is 4.39 Å². The molecule has 3 nitrogen and oxygen atoms in total. The molecule has 0 saturated carbocycles. The number of rotatable bonds is 3. The second-order valence-corrected chi connectivity index (χ2v) is 5.91. The summed E-state index contributed by atoms with van der Waals surface area (Å²) in [6, 6.07) is 4.26. The molecule has 18 heavy (non-hydrogen) atoms. The van der Waals surface area contributed by atoms with E-state index >= 15 is 0 Å². The minimum absolute atomic E-state index is 0.0256. The second-order valence-electron chi connectivity index (χ2n) is 3.67. The van der Waals surface area contributed by atoms with Crippen LogP contribution in [0.2, 0.25) is 0 Å². The highest BCUT2D eigenvalue weighted by Crippen LogP contribution is 2.16. The fourth-order valence-electron chi connectivity index (χ4n) is 1.41. The Morgan fingerprint density at radius 2 is 2.33 bits per heavy atom. The van der Waals surface area contributed by atoms with Crippen molar-refractivity contribution < 1.29 is 9.18 Å². The van der Waals surface area contributed by atoms with Gasteiger partial charge in [-0.2, -0.15) is 0 Å². The average Bonchev–Trinajstić information content (AvgIpc) is 2.75. The van der Waals surface area contributed by atoms with Crippen molar-refractivity contribution >= 4 is 33.2 Å². The minimum Gasteiger partial charge on any atom is -0.345 e. The molecule has 0 fully saturated rings. The molecule has 1 amide bonds. The standard InChI is InChI=1S/C12H10BrFN2OS/c1-7-5-15-11(18-7)6-16-12(17)9-4-8(13)2-3-10(9)14/h2-5H,6H2,1H3,(H,16,17). The van der Waals surface area contributed by atoms with E-state index in [-0.39, 0.29) is 5.56 Å². The zero-order chi connectivity index (χ0) is 13.1. The van der Waals surface area contributed by atoms with Gasteiger partial charge in [0.1, 0.15) is 10.8 Å². The smallest absolute Gasteiger partial charge is 0.254 e. The van der Waals surface area contributed by atoms with Crippen molar-refractivity contribution in [2.75, 3.05) is 0 Å². The van der Waals surface area contributed by atoms with E-state index in [0.717, 1.165) is 9.88 Å². The Labute approximate surface area is 116 Å². The van der Waals surface area contributed by atoms with E-state index < -0.39 is 11.7 Å². The number of carbonyl (C=O) groups excluding carboxylic acids is 1. The summed E-state index contributed by atoms with van der Waals surface area (Å²) in [7, 11) is 0. The Morgan fingerprint density at radius 3 is 3.00 bits per heavy atom. The summed E-state index contributed by atoms with van der Waals surface area (Å²) in [5.41, 5.74) is 0.0256. The van der Waals surface area contributed by atoms with Crippen molar-refractivity contribution in [3.63, 3.8) is 0 Å². The van der Waals surface area contributed by atoms with E-state index in [1.807, 2.05) is 6.92 Å². The molecule has 0 unspecified atom stereocenters. The Hall–Kier alpha value is -1.27. The number of thiazole rings is 1. The second kappa shape index (κ2) is 5.58. The lowest BCUT2D eigenvalue weighted by Gasteiger charge is -2.04. The molecule has 0 aliphatic heterocycles. The van der Waals surface area contributed by atoms with Crippen LogP contribution in [0.25, 0.3) is 0 Å². The molecule has 1 heterocycles. The lowest BCUT2D eigenvalue weighted by atomic mass is 10.2. The number of amides is 1. The molecule has 2 rings (SSSR count). The van der Waals surface area contributed by atoms with E-state index in [0.29, 0.717) is 11.0 Å². The Morgan fingerprint density at radius 1 is 1.56 bits per heavy atom. The van der Waals surface area contributed by atoms with Crippen LogP contribution >= 0.6 is 27.3 Å². The first kappa shape index (κ1) is 13.2. The summed E-state index contributed by atoms with van der Waals surface area (Å²) < 4.78 is 14.1. The number of aryl methyl sites for hydroxylation is 1. The molecule has 1 aromatic heterocycles. The van der Waals surface area contributed by atoms with Gasteiger partial charge in [-0.05, 0) is 25.1 Å². The number of benzene rings is 1. The zero-order valence-electron chi connectivity index (χ0n) is 9.54. The van der Waals surface area contributed by atoms with Gasteiger partial charge in [-0.1, -0.05) is 15.9 Å². The molecular formula is C12H10BrFN2OS. The van der Waals surface area contributed by atoms with Gasteiger partial charge in [0.25, 0.3) is 5.91 Å². The maximum atomic E-state index is 13.5. The summed E-state index contributed by atoms with van der Waals surface area (Å²) in [6.45, 7) is 2.25. The molecule has 0 radical (unpaired) electrons. The summed E-state index contributed by atoms with van der Waals surface area (Å²) in [6.07, 6.45) is 1.74. The fourth-order valence-corrected chi connectivity index (χ4v) is 2.49. The summed E-state index contributed by atoms with van der Waals surface area (Å²) >= 11 is 4.71. The van der Waals surface area contributed by atoms with Crippen molar-refractivity contribution in [3.8, 4) is 0 Å². The lowest BCUT2D eigenvalue weighted by molar-refractivity contribution is 0.0947. The monoisotopic (exact) mass is 328 g/mol. The van der Waals surface area contributed by atoms with Gasteiger partial charge in [-0.25, -0.2) is 9.37 Å². The van der Waals surface area contributed by atoms with Gasteiger partial charge in [-0.15, -0.1) is 11.3 Å². The van der Waals surface area contributed by atoms with Crippen molar-refractivity contribution in [2.45, 2.75) is 13.5 Å². The van der Waals surface area contributed by atoms with Crippen molar-refractivity contribution in [2.24, 2.45) is 0 Å². The van der Waals surface area contributed by atoms with Gasteiger partial charge in [-0.3, -0.25) is 4.79 Å². The Bertz CT molecular complexity index is 585. The van der Waals surface area contributed by atoms with Crippen molar-refractivity contribution in [1.29, 1.82) is 0 Å². The quantitative estimate of drug-likeness (QED) is 0.939. The number of hydrogen-bond donors (Lipinski definition) is 1. The number of hydrogen-bond acceptors (Lipinski definition) is 3. The Kier molecular flexibility index (Phi) is 4.08. The van der Waals surface area contributed by atoms with Crippen molar-refractivity contribution in [3.05, 3.63) is 50.1 Å². The van der Waals surface area contributed by atoms with Crippen LogP contribution in [0.1, 0.15) is 20.2 Å². The molecule has 0 bridgehead atoms. The van der Waals surface area contributed by atoms with E-state index in [1.165, 1.54) is 23.5 Å². The number of aromatic nitrogens is 1. The third-order valence-corrected chi connectivity index (χ3v) is 3.65. The number of nitrogens with one attached hydrogen (secondary N) is 1. The number of nitrogens with zero attached hydrogens (tertiary/aromatic N) is 1. The third kappa shape index (κ3) is 3.14. The summed E-state index contributed by atoms with van der Waals surface area (Å²) in [4.78, 5) is 17.0. The fraction of sp³-hybridized carbons (Fsp3) is 0.167. The van der Waals surface area contributed by atoms with E-state index in [1.54, 1.807) is 12.3 Å². The molecule has 0 aliphatic carbocycles. The highest BCUT2D eigenvalue weighted by atomic mass is 79.9. The largest absolute Gasteiger partial charge is 0.345 e. The highest BCUT2D eigenvalue weighted by molar-refractivity contribution is 9.10. The number of carbonyl (C=O) groups is 1. The molecule has 1 N–H and O–H groups in total. The zero-order valence-corrected chi connectivity index (χ0v) is 11.9. The van der Waals surface area contributed by atoms with Crippen LogP contribution in [-0.4, -0.2) is 10.9 Å². The van der Waals surface area contributed by atoms with Crippen molar-refractivity contribution in [1.82, 2.24) is 10.3 Å². The topological polar surface area (TPSA) is 42.0 Å². The van der Waals surface area contributed by atoms with Gasteiger partial charge in [0.05, 0.1) is 12.1 Å². The normalized spacial score (nSPS) is 10.4. The maximum Gasteiger partial charge on any atom is 0.254 e. The molecule has 0 saturated heterocycles. The predicted octanol–water partition coefficient (Wildman–Crippen LogP) is 3.28. The molecule has 2 aromatic rings. The predicted molar refractivity (Wildman–Crippen MR) is 72.1 cm³/mol. The number of halogens is 2. The van der Waals surface area contributed by atoms with E-state index in [4.69, 9.17) is 0 Å². The summed E-state index contributed by atoms with van der Waals surface area (Å²) in [5, 5.41) is 3.45. The third-order valence-electron chi connectivity index (χ3n) is 2.24. The molecule has 1 aromatic carbocycles. The minimum atomic E-state index is -0.536. The molecule has 94 valence electrons. The van der Waals surface area contributed by atoms with Gasteiger partial charge >= 0.3 is 0 Å². The van der Waals surface area contributed by atoms with Crippen LogP contribution in [0.15, 0.2) is 28.9 Å². The van der Waals surface area contributed by atoms with Crippen LogP contribution in [0.5, 0.6) is 0 Å². The first-order chi connectivity index (χ1) is 8.56. The summed E-state index contributed by atoms with van der Waals surface area (Å²) in [5.74, 6) is -0.979. The Balaban J connectivity index is 2.05. The van der Waals surface area contributed by atoms with Gasteiger partial charge in [0.2, 0.25) is 0 Å². The van der Waals surface area contributed by atoms with Gasteiger partial charge in [0, 0.05) is 15.5 Å². The molecule has 0 atom stereocenters. The highest BCUT2D eigenvalue weighted by Gasteiger charge is 2.12. The van der Waals surface area contributed by atoms with E-state index in [9.17, 15) is 9.18 Å². The van der Waals surface area contributed by atoms with Crippen LogP contribution in [-0.2, 0) is 6.54 Å². The maximum absolute atomic E-state index is 13.5. The average molecular weight is 329 g/mol. The first-order valence-corrected chi connectivity index (χ1v) is 6.82. The molecular weight excluding hydrogens is 319 g/mol. The van der Waals surface area contributed by atoms with Crippen LogP contribution in [0.3, 0.4) is 0 Å².